The summed E-state index contributed by atoms with van der Waals surface area (Å²) in [5, 5.41) is 7.18. The molecule has 25 heavy (non-hydrogen) atoms. The summed E-state index contributed by atoms with van der Waals surface area (Å²) in [6.07, 6.45) is 6.35. The summed E-state index contributed by atoms with van der Waals surface area (Å²) in [5.41, 5.74) is 1.38. The number of carbonyl (C=O) groups is 1. The van der Waals surface area contributed by atoms with E-state index in [4.69, 9.17) is 0 Å². The molecule has 130 valence electrons. The molecule has 1 fully saturated rings. The predicted octanol–water partition coefficient (Wildman–Crippen LogP) is 3.07. The highest BCUT2D eigenvalue weighted by Gasteiger charge is 2.31. The van der Waals surface area contributed by atoms with Crippen LogP contribution >= 0.6 is 11.3 Å². The van der Waals surface area contributed by atoms with E-state index in [2.05, 4.69) is 33.9 Å². The van der Waals surface area contributed by atoms with Crippen molar-refractivity contribution in [1.82, 2.24) is 29.5 Å². The fraction of sp³-hybridized carbons (Fsp3) is 0.471. The molecular weight excluding hydrogens is 336 g/mol. The summed E-state index contributed by atoms with van der Waals surface area (Å²) < 4.78 is 1.70. The molecule has 0 unspecified atom stereocenters. The number of fused-ring (bicyclic) bond motifs is 1. The summed E-state index contributed by atoms with van der Waals surface area (Å²) in [4.78, 5) is 28.2. The van der Waals surface area contributed by atoms with E-state index in [1.807, 2.05) is 16.3 Å². The van der Waals surface area contributed by atoms with Crippen LogP contribution in [0.3, 0.4) is 0 Å². The van der Waals surface area contributed by atoms with Crippen LogP contribution in [-0.2, 0) is 0 Å². The zero-order valence-corrected chi connectivity index (χ0v) is 15.1. The molecule has 1 aliphatic heterocycles. The lowest BCUT2D eigenvalue weighted by molar-refractivity contribution is 0.0605. The minimum absolute atomic E-state index is 0.0413. The normalized spacial score (nSPS) is 18.2. The average molecular weight is 356 g/mol. The van der Waals surface area contributed by atoms with Crippen LogP contribution in [0.2, 0.25) is 0 Å². The molecule has 0 spiro atoms. The third-order valence-corrected chi connectivity index (χ3v) is 5.47. The standard InChI is InChI=1S/C17H20N6OS/c1-11(2)14-9-12(21-17-19-10-20-23(14)17)16(24)22-7-4-3-5-13(22)15-18-6-8-25-15/h6,8-11,13H,3-5,7H2,1-2H3/t13-/m0/s1. The molecular formula is C17H20N6OS. The molecule has 4 rings (SSSR count). The second kappa shape index (κ2) is 6.51. The maximum absolute atomic E-state index is 13.2. The zero-order valence-electron chi connectivity index (χ0n) is 14.3. The van der Waals surface area contributed by atoms with Crippen molar-refractivity contribution < 1.29 is 4.79 Å². The van der Waals surface area contributed by atoms with Gasteiger partial charge in [-0.05, 0) is 31.2 Å². The van der Waals surface area contributed by atoms with E-state index < -0.39 is 0 Å². The Morgan fingerprint density at radius 1 is 1.32 bits per heavy atom. The van der Waals surface area contributed by atoms with Gasteiger partial charge in [-0.1, -0.05) is 13.8 Å². The molecule has 1 aliphatic rings. The topological polar surface area (TPSA) is 76.3 Å². The van der Waals surface area contributed by atoms with Crippen LogP contribution in [-0.4, -0.2) is 41.9 Å². The third kappa shape index (κ3) is 2.90. The molecule has 0 radical (unpaired) electrons. The highest BCUT2D eigenvalue weighted by atomic mass is 32.1. The summed E-state index contributed by atoms with van der Waals surface area (Å²) in [6, 6.07) is 1.89. The second-order valence-corrected chi connectivity index (χ2v) is 7.50. The summed E-state index contributed by atoms with van der Waals surface area (Å²) in [5.74, 6) is 0.638. The van der Waals surface area contributed by atoms with Crippen LogP contribution < -0.4 is 0 Å². The Bertz CT molecular complexity index is 888. The molecule has 7 nitrogen and oxygen atoms in total. The van der Waals surface area contributed by atoms with E-state index in [0.717, 1.165) is 36.5 Å². The molecule has 3 aromatic heterocycles. The van der Waals surface area contributed by atoms with E-state index in [1.165, 1.54) is 6.33 Å². The van der Waals surface area contributed by atoms with E-state index in [1.54, 1.807) is 22.0 Å². The zero-order chi connectivity index (χ0) is 17.4. The van der Waals surface area contributed by atoms with Crippen molar-refractivity contribution in [2.24, 2.45) is 0 Å². The maximum atomic E-state index is 13.2. The molecule has 1 saturated heterocycles. The summed E-state index contributed by atoms with van der Waals surface area (Å²) >= 11 is 1.61. The molecule has 0 bridgehead atoms. The first kappa shape index (κ1) is 16.1. The minimum atomic E-state index is -0.0488. The Hall–Kier alpha value is -2.35. The molecule has 8 heteroatoms. The van der Waals surface area contributed by atoms with Gasteiger partial charge in [-0.3, -0.25) is 4.79 Å². The average Bonchev–Trinajstić information content (AvgIpc) is 3.31. The maximum Gasteiger partial charge on any atom is 0.273 e. The van der Waals surface area contributed by atoms with Crippen molar-refractivity contribution >= 4 is 23.0 Å². The van der Waals surface area contributed by atoms with Crippen LogP contribution in [0.15, 0.2) is 24.0 Å². The predicted molar refractivity (Wildman–Crippen MR) is 94.6 cm³/mol. The third-order valence-electron chi connectivity index (χ3n) is 4.59. The molecule has 0 saturated carbocycles. The smallest absolute Gasteiger partial charge is 0.273 e. The number of likely N-dealkylation sites (tertiary alicyclic amines) is 1. The van der Waals surface area contributed by atoms with Gasteiger partial charge in [0, 0.05) is 18.1 Å². The van der Waals surface area contributed by atoms with Gasteiger partial charge in [0.15, 0.2) is 0 Å². The molecule has 4 heterocycles. The highest BCUT2D eigenvalue weighted by molar-refractivity contribution is 7.09. The van der Waals surface area contributed by atoms with Crippen molar-refractivity contribution in [3.8, 4) is 0 Å². The van der Waals surface area contributed by atoms with E-state index in [-0.39, 0.29) is 17.9 Å². The molecule has 1 amide bonds. The quantitative estimate of drug-likeness (QED) is 0.721. The van der Waals surface area contributed by atoms with Crippen molar-refractivity contribution in [1.29, 1.82) is 0 Å². The molecule has 0 N–H and O–H groups in total. The van der Waals surface area contributed by atoms with E-state index >= 15 is 0 Å². The van der Waals surface area contributed by atoms with Gasteiger partial charge in [0.2, 0.25) is 0 Å². The SMILES string of the molecule is CC(C)c1cc(C(=O)N2CCCC[C@H]2c2nccs2)nc2ncnn12. The fourth-order valence-electron chi connectivity index (χ4n) is 3.33. The number of nitrogens with zero attached hydrogens (tertiary/aromatic N) is 6. The molecule has 0 aromatic carbocycles. The second-order valence-electron chi connectivity index (χ2n) is 6.57. The monoisotopic (exact) mass is 356 g/mol. The Morgan fingerprint density at radius 3 is 2.96 bits per heavy atom. The molecule has 3 aromatic rings. The van der Waals surface area contributed by atoms with Gasteiger partial charge in [0.1, 0.15) is 17.0 Å². The number of thiazole rings is 1. The van der Waals surface area contributed by atoms with Gasteiger partial charge in [-0.25, -0.2) is 14.5 Å². The number of amides is 1. The lowest BCUT2D eigenvalue weighted by Crippen LogP contribution is -2.39. The highest BCUT2D eigenvalue weighted by Crippen LogP contribution is 2.33. The van der Waals surface area contributed by atoms with Crippen molar-refractivity contribution in [2.75, 3.05) is 6.54 Å². The van der Waals surface area contributed by atoms with Gasteiger partial charge < -0.3 is 4.90 Å². The van der Waals surface area contributed by atoms with Crippen molar-refractivity contribution in [2.45, 2.75) is 45.1 Å². The number of carbonyl (C=O) groups excluding carboxylic acids is 1. The van der Waals surface area contributed by atoms with Gasteiger partial charge in [-0.15, -0.1) is 11.3 Å². The van der Waals surface area contributed by atoms with Crippen LogP contribution in [0.4, 0.5) is 0 Å². The Labute approximate surface area is 149 Å². The Kier molecular flexibility index (Phi) is 4.20. The number of rotatable bonds is 3. The molecule has 0 aliphatic carbocycles. The first-order valence-electron chi connectivity index (χ1n) is 8.56. The largest absolute Gasteiger partial charge is 0.328 e. The summed E-state index contributed by atoms with van der Waals surface area (Å²) in [7, 11) is 0. The van der Waals surface area contributed by atoms with Crippen LogP contribution in [0, 0.1) is 0 Å². The van der Waals surface area contributed by atoms with Gasteiger partial charge in [0.05, 0.1) is 11.7 Å². The van der Waals surface area contributed by atoms with E-state index in [9.17, 15) is 4.79 Å². The van der Waals surface area contributed by atoms with Crippen LogP contribution in [0.5, 0.6) is 0 Å². The van der Waals surface area contributed by atoms with Gasteiger partial charge >= 0.3 is 0 Å². The number of hydrogen-bond donors (Lipinski definition) is 0. The van der Waals surface area contributed by atoms with Gasteiger partial charge in [-0.2, -0.15) is 10.1 Å². The fourth-order valence-corrected chi connectivity index (χ4v) is 4.12. The Balaban J connectivity index is 1.73. The minimum Gasteiger partial charge on any atom is -0.328 e. The molecule has 1 atom stereocenters. The van der Waals surface area contributed by atoms with E-state index in [0.29, 0.717) is 11.5 Å². The van der Waals surface area contributed by atoms with Crippen LogP contribution in [0.25, 0.3) is 5.78 Å². The van der Waals surface area contributed by atoms with Crippen molar-refractivity contribution in [3.05, 3.63) is 40.4 Å². The van der Waals surface area contributed by atoms with Crippen LogP contribution in [0.1, 0.15) is 66.3 Å². The summed E-state index contributed by atoms with van der Waals surface area (Å²) in [6.45, 7) is 4.88. The lowest BCUT2D eigenvalue weighted by Gasteiger charge is -2.34. The first-order valence-corrected chi connectivity index (χ1v) is 9.44. The first-order chi connectivity index (χ1) is 12.1. The number of aromatic nitrogens is 5. The number of piperidine rings is 1. The Morgan fingerprint density at radius 2 is 2.20 bits per heavy atom. The van der Waals surface area contributed by atoms with Crippen molar-refractivity contribution in [3.63, 3.8) is 0 Å². The van der Waals surface area contributed by atoms with Gasteiger partial charge in [0.25, 0.3) is 11.7 Å². The number of hydrogen-bond acceptors (Lipinski definition) is 6. The lowest BCUT2D eigenvalue weighted by atomic mass is 10.0.